The van der Waals surface area contributed by atoms with Gasteiger partial charge in [0, 0.05) is 18.0 Å². The molecule has 0 aliphatic carbocycles. The highest BCUT2D eigenvalue weighted by Gasteiger charge is 2.26. The quantitative estimate of drug-likeness (QED) is 0.786. The largest absolute Gasteiger partial charge is 0.481 e. The Bertz CT molecular complexity index is 516. The Morgan fingerprint density at radius 2 is 1.73 bits per heavy atom. The number of likely N-dealkylation sites (tertiary alicyclic amines) is 1. The molecule has 0 saturated carbocycles. The fourth-order valence-electron chi connectivity index (χ4n) is 3.00. The number of carbonyl (C=O) groups is 2. The minimum absolute atomic E-state index is 0.0513. The van der Waals surface area contributed by atoms with Crippen molar-refractivity contribution in [3.05, 3.63) is 35.4 Å². The van der Waals surface area contributed by atoms with Crippen LogP contribution >= 0.6 is 0 Å². The van der Waals surface area contributed by atoms with E-state index in [0.29, 0.717) is 18.0 Å². The van der Waals surface area contributed by atoms with Gasteiger partial charge in [-0.05, 0) is 37.4 Å². The topological polar surface area (TPSA) is 57.6 Å². The second-order valence-corrected chi connectivity index (χ2v) is 6.44. The summed E-state index contributed by atoms with van der Waals surface area (Å²) in [5.41, 5.74) is 1.81. The van der Waals surface area contributed by atoms with Gasteiger partial charge in [-0.3, -0.25) is 9.59 Å². The Kier molecular flexibility index (Phi) is 5.72. The predicted molar refractivity (Wildman–Crippen MR) is 86.3 cm³/mol. The molecule has 0 bridgehead atoms. The van der Waals surface area contributed by atoms with E-state index in [0.717, 1.165) is 25.9 Å². The molecule has 120 valence electrons. The highest BCUT2D eigenvalue weighted by molar-refractivity contribution is 5.99. The van der Waals surface area contributed by atoms with E-state index in [9.17, 15) is 9.59 Å². The van der Waals surface area contributed by atoms with Crippen LogP contribution in [0.25, 0.3) is 0 Å². The van der Waals surface area contributed by atoms with E-state index in [4.69, 9.17) is 5.11 Å². The van der Waals surface area contributed by atoms with Crippen LogP contribution in [0.15, 0.2) is 24.3 Å². The van der Waals surface area contributed by atoms with Gasteiger partial charge in [0.05, 0.1) is 6.42 Å². The van der Waals surface area contributed by atoms with Crippen molar-refractivity contribution in [1.29, 1.82) is 0 Å². The van der Waals surface area contributed by atoms with Crippen molar-refractivity contribution in [3.8, 4) is 0 Å². The number of carboxylic acids is 1. The summed E-state index contributed by atoms with van der Waals surface area (Å²) in [5, 5.41) is 9.10. The third kappa shape index (κ3) is 4.41. The number of Topliss-reactive ketones (excluding diaryl/α,β-unsaturated/α-hetero) is 1. The molecule has 1 aliphatic heterocycles. The number of carbonyl (C=O) groups excluding carboxylic acids is 1. The Hall–Kier alpha value is -1.68. The zero-order chi connectivity index (χ0) is 16.1. The van der Waals surface area contributed by atoms with Crippen LogP contribution < -0.4 is 0 Å². The molecular formula is C18H25NO3. The predicted octanol–water partition coefficient (Wildman–Crippen LogP) is 3.18. The van der Waals surface area contributed by atoms with Crippen LogP contribution in [0.4, 0.5) is 0 Å². The highest BCUT2D eigenvalue weighted by Crippen LogP contribution is 2.20. The maximum absolute atomic E-state index is 12.7. The van der Waals surface area contributed by atoms with Crippen molar-refractivity contribution in [2.75, 3.05) is 19.6 Å². The molecule has 0 spiro atoms. The van der Waals surface area contributed by atoms with E-state index in [1.165, 1.54) is 5.56 Å². The summed E-state index contributed by atoms with van der Waals surface area (Å²) in [6, 6.07) is 7.59. The Morgan fingerprint density at radius 1 is 1.14 bits per heavy atom. The molecule has 1 fully saturated rings. The van der Waals surface area contributed by atoms with Crippen molar-refractivity contribution in [1.82, 2.24) is 4.90 Å². The average Bonchev–Trinajstić information content (AvgIpc) is 2.98. The molecule has 1 N–H and O–H groups in total. The average molecular weight is 303 g/mol. The van der Waals surface area contributed by atoms with E-state index >= 15 is 0 Å². The Balaban J connectivity index is 2.10. The third-order valence-corrected chi connectivity index (χ3v) is 4.33. The van der Waals surface area contributed by atoms with E-state index in [1.807, 2.05) is 24.3 Å². The van der Waals surface area contributed by atoms with Crippen molar-refractivity contribution in [2.24, 2.45) is 5.92 Å². The van der Waals surface area contributed by atoms with Crippen LogP contribution in [0.5, 0.6) is 0 Å². The molecule has 1 saturated heterocycles. The third-order valence-electron chi connectivity index (χ3n) is 4.33. The summed E-state index contributed by atoms with van der Waals surface area (Å²) in [7, 11) is 0. The molecule has 1 aromatic rings. The van der Waals surface area contributed by atoms with Gasteiger partial charge in [-0.1, -0.05) is 38.1 Å². The van der Waals surface area contributed by atoms with E-state index in [1.54, 1.807) is 0 Å². The molecule has 4 nitrogen and oxygen atoms in total. The highest BCUT2D eigenvalue weighted by atomic mass is 16.4. The van der Waals surface area contributed by atoms with Gasteiger partial charge in [0.25, 0.3) is 0 Å². The molecule has 0 amide bonds. The molecule has 1 aromatic carbocycles. The van der Waals surface area contributed by atoms with Gasteiger partial charge in [-0.25, -0.2) is 0 Å². The first kappa shape index (κ1) is 16.7. The monoisotopic (exact) mass is 303 g/mol. The van der Waals surface area contributed by atoms with Gasteiger partial charge in [0.15, 0.2) is 5.78 Å². The van der Waals surface area contributed by atoms with Crippen LogP contribution in [0.3, 0.4) is 0 Å². The number of rotatable bonds is 7. The first-order chi connectivity index (χ1) is 10.5. The second kappa shape index (κ2) is 7.54. The lowest BCUT2D eigenvalue weighted by Gasteiger charge is -2.21. The normalized spacial score (nSPS) is 16.9. The first-order valence-corrected chi connectivity index (χ1v) is 8.05. The Morgan fingerprint density at radius 3 is 2.23 bits per heavy atom. The SMILES string of the molecule is CC(C)c1ccc(C(=O)C(CC(=O)O)CN2CCCC2)cc1. The molecule has 22 heavy (non-hydrogen) atoms. The first-order valence-electron chi connectivity index (χ1n) is 8.05. The van der Waals surface area contributed by atoms with Crippen LogP contribution in [0.2, 0.25) is 0 Å². The molecule has 2 rings (SSSR count). The van der Waals surface area contributed by atoms with Crippen molar-refractivity contribution >= 4 is 11.8 Å². The number of nitrogens with zero attached hydrogens (tertiary/aromatic N) is 1. The number of aliphatic carboxylic acids is 1. The van der Waals surface area contributed by atoms with Crippen LogP contribution in [-0.2, 0) is 4.79 Å². The van der Waals surface area contributed by atoms with E-state index in [2.05, 4.69) is 18.7 Å². The van der Waals surface area contributed by atoms with Gasteiger partial charge in [0.1, 0.15) is 0 Å². The molecule has 0 aromatic heterocycles. The fourth-order valence-corrected chi connectivity index (χ4v) is 3.00. The van der Waals surface area contributed by atoms with Gasteiger partial charge >= 0.3 is 5.97 Å². The maximum atomic E-state index is 12.7. The molecule has 1 atom stereocenters. The van der Waals surface area contributed by atoms with E-state index < -0.39 is 11.9 Å². The minimum Gasteiger partial charge on any atom is -0.481 e. The molecule has 1 unspecified atom stereocenters. The lowest BCUT2D eigenvalue weighted by Crippen LogP contribution is -2.32. The summed E-state index contributed by atoms with van der Waals surface area (Å²) in [4.78, 5) is 26.0. The molecule has 4 heteroatoms. The smallest absolute Gasteiger partial charge is 0.304 e. The maximum Gasteiger partial charge on any atom is 0.304 e. The molecule has 1 aliphatic rings. The van der Waals surface area contributed by atoms with Crippen molar-refractivity contribution in [3.63, 3.8) is 0 Å². The number of hydrogen-bond acceptors (Lipinski definition) is 3. The van der Waals surface area contributed by atoms with Gasteiger partial charge in [-0.15, -0.1) is 0 Å². The standard InChI is InChI=1S/C18H25NO3/c1-13(2)14-5-7-15(8-6-14)18(22)16(11-17(20)21)12-19-9-3-4-10-19/h5-8,13,16H,3-4,9-12H2,1-2H3,(H,20,21). The minimum atomic E-state index is -0.906. The summed E-state index contributed by atoms with van der Waals surface area (Å²) in [6.07, 6.45) is 2.18. The summed E-state index contributed by atoms with van der Waals surface area (Å²) >= 11 is 0. The van der Waals surface area contributed by atoms with E-state index in [-0.39, 0.29) is 12.2 Å². The van der Waals surface area contributed by atoms with Crippen LogP contribution in [-0.4, -0.2) is 41.4 Å². The second-order valence-electron chi connectivity index (χ2n) is 6.44. The fraction of sp³-hybridized carbons (Fsp3) is 0.556. The van der Waals surface area contributed by atoms with Crippen LogP contribution in [0, 0.1) is 5.92 Å². The van der Waals surface area contributed by atoms with Gasteiger partial charge < -0.3 is 10.0 Å². The summed E-state index contributed by atoms with van der Waals surface area (Å²) in [5.74, 6) is -0.995. The number of hydrogen-bond donors (Lipinski definition) is 1. The lowest BCUT2D eigenvalue weighted by molar-refractivity contribution is -0.137. The van der Waals surface area contributed by atoms with Crippen molar-refractivity contribution in [2.45, 2.75) is 39.0 Å². The van der Waals surface area contributed by atoms with Gasteiger partial charge in [0.2, 0.25) is 0 Å². The summed E-state index contributed by atoms with van der Waals surface area (Å²) < 4.78 is 0. The Labute approximate surface area is 132 Å². The van der Waals surface area contributed by atoms with Crippen LogP contribution in [0.1, 0.15) is 54.9 Å². The van der Waals surface area contributed by atoms with Crippen molar-refractivity contribution < 1.29 is 14.7 Å². The molecule has 0 radical (unpaired) electrons. The number of ketones is 1. The summed E-state index contributed by atoms with van der Waals surface area (Å²) in [6.45, 7) is 6.71. The lowest BCUT2D eigenvalue weighted by atomic mass is 9.92. The zero-order valence-electron chi connectivity index (χ0n) is 13.4. The van der Waals surface area contributed by atoms with Gasteiger partial charge in [-0.2, -0.15) is 0 Å². The molecule has 1 heterocycles. The number of benzene rings is 1. The molecular weight excluding hydrogens is 278 g/mol. The zero-order valence-corrected chi connectivity index (χ0v) is 13.4. The number of carboxylic acid groups (broad SMARTS) is 1.